The van der Waals surface area contributed by atoms with Gasteiger partial charge in [0.15, 0.2) is 17.7 Å². The van der Waals surface area contributed by atoms with Crippen molar-refractivity contribution in [2.75, 3.05) is 5.32 Å². The third-order valence-corrected chi connectivity index (χ3v) is 8.15. The van der Waals surface area contributed by atoms with Crippen molar-refractivity contribution in [3.63, 3.8) is 0 Å². The minimum absolute atomic E-state index is 0.0377. The predicted octanol–water partition coefficient (Wildman–Crippen LogP) is 2.72. The van der Waals surface area contributed by atoms with Crippen molar-refractivity contribution in [1.29, 1.82) is 0 Å². The number of carbonyl (C=O) groups excluding carboxylic acids is 2. The SMILES string of the molecule is CC(C)[C@H](O)C(=O)N[C@H]1Cc2ccc3c(c2)C2(c4ccccc4NC2O3)c2oc(nc2C(=O)O)[C@H](C(C)C)NC1=O. The number of amides is 2. The van der Waals surface area contributed by atoms with Crippen molar-refractivity contribution in [2.24, 2.45) is 11.8 Å². The number of ether oxygens (including phenoxy) is 1. The summed E-state index contributed by atoms with van der Waals surface area (Å²) in [6, 6.07) is 11.2. The summed E-state index contributed by atoms with van der Waals surface area (Å²) in [5.41, 5.74) is 1.47. The molecular weight excluding hydrogens is 528 g/mol. The Hall–Kier alpha value is -4.38. The standard InChI is InChI=1S/C30H32N4O7/c1-13(2)21-27-34-22(28(38)39)24(41-27)30-16-7-5-6-8-18(16)32-29(30)40-20-10-9-15(11-17(20)30)12-19(25(36)33-21)31-26(37)23(35)14(3)4/h5-11,13-14,19,21,23,29,32,35H,12H2,1-4H3,(H,31,37)(H,33,36)(H,38,39)/t19-,21-,23-,29?,30?/m0/s1. The maximum absolute atomic E-state index is 13.7. The molecule has 214 valence electrons. The first kappa shape index (κ1) is 26.8. The molecule has 2 unspecified atom stereocenters. The zero-order valence-corrected chi connectivity index (χ0v) is 23.1. The molecule has 4 heterocycles. The fourth-order valence-electron chi connectivity index (χ4n) is 6.01. The van der Waals surface area contributed by atoms with E-state index >= 15 is 0 Å². The monoisotopic (exact) mass is 560 g/mol. The van der Waals surface area contributed by atoms with E-state index in [2.05, 4.69) is 20.9 Å². The molecule has 11 heteroatoms. The summed E-state index contributed by atoms with van der Waals surface area (Å²) in [5, 5.41) is 29.7. The summed E-state index contributed by atoms with van der Waals surface area (Å²) in [7, 11) is 0. The summed E-state index contributed by atoms with van der Waals surface area (Å²) in [4.78, 5) is 43.6. The van der Waals surface area contributed by atoms with E-state index in [1.807, 2.05) is 44.2 Å². The molecule has 4 bridgehead atoms. The first-order chi connectivity index (χ1) is 19.5. The number of aliphatic hydroxyl groups excluding tert-OH is 1. The maximum Gasteiger partial charge on any atom is 0.358 e. The largest absolute Gasteiger partial charge is 0.476 e. The number of aromatic nitrogens is 1. The van der Waals surface area contributed by atoms with Gasteiger partial charge in [-0.25, -0.2) is 9.78 Å². The van der Waals surface area contributed by atoms with Gasteiger partial charge in [-0.05, 0) is 35.1 Å². The van der Waals surface area contributed by atoms with Crippen molar-refractivity contribution in [3.8, 4) is 5.75 Å². The van der Waals surface area contributed by atoms with Gasteiger partial charge in [-0.2, -0.15) is 0 Å². The number of aliphatic hydroxyl groups is 1. The summed E-state index contributed by atoms with van der Waals surface area (Å²) in [6.07, 6.45) is -1.89. The molecule has 41 heavy (non-hydrogen) atoms. The van der Waals surface area contributed by atoms with Gasteiger partial charge in [0, 0.05) is 17.7 Å². The highest BCUT2D eigenvalue weighted by atomic mass is 16.5. The smallest absolute Gasteiger partial charge is 0.358 e. The summed E-state index contributed by atoms with van der Waals surface area (Å²) >= 11 is 0. The van der Waals surface area contributed by atoms with Crippen LogP contribution in [0.25, 0.3) is 0 Å². The highest BCUT2D eigenvalue weighted by molar-refractivity contribution is 5.91. The highest BCUT2D eigenvalue weighted by Gasteiger charge is 2.61. The average molecular weight is 561 g/mol. The predicted molar refractivity (Wildman–Crippen MR) is 146 cm³/mol. The molecule has 2 aromatic carbocycles. The number of carboxylic acid groups (broad SMARTS) is 1. The van der Waals surface area contributed by atoms with Crippen LogP contribution in [-0.4, -0.2) is 51.4 Å². The van der Waals surface area contributed by atoms with Crippen LogP contribution in [0.5, 0.6) is 5.75 Å². The van der Waals surface area contributed by atoms with Crippen molar-refractivity contribution >= 4 is 23.5 Å². The molecule has 6 rings (SSSR count). The molecule has 1 spiro atoms. The number of aromatic carboxylic acids is 1. The molecule has 2 amide bonds. The van der Waals surface area contributed by atoms with E-state index in [-0.39, 0.29) is 35.6 Å². The van der Waals surface area contributed by atoms with E-state index in [9.17, 15) is 24.6 Å². The molecule has 5 atom stereocenters. The van der Waals surface area contributed by atoms with Gasteiger partial charge in [0.1, 0.15) is 29.4 Å². The quantitative estimate of drug-likeness (QED) is 0.316. The van der Waals surface area contributed by atoms with Crippen molar-refractivity contribution in [2.45, 2.75) is 63.9 Å². The number of nitrogens with zero attached hydrogens (tertiary/aromatic N) is 1. The van der Waals surface area contributed by atoms with Crippen LogP contribution in [-0.2, 0) is 21.4 Å². The van der Waals surface area contributed by atoms with Crippen LogP contribution in [0.15, 0.2) is 46.9 Å². The lowest BCUT2D eigenvalue weighted by Gasteiger charge is -2.29. The molecule has 1 aromatic heterocycles. The Kier molecular flexibility index (Phi) is 6.29. The normalized spacial score (nSPS) is 24.8. The Morgan fingerprint density at radius 3 is 2.56 bits per heavy atom. The van der Waals surface area contributed by atoms with Crippen LogP contribution >= 0.6 is 0 Å². The maximum atomic E-state index is 13.7. The number of carboxylic acids is 1. The zero-order valence-electron chi connectivity index (χ0n) is 23.1. The lowest BCUT2D eigenvalue weighted by molar-refractivity contribution is -0.135. The number of anilines is 1. The van der Waals surface area contributed by atoms with Gasteiger partial charge >= 0.3 is 5.97 Å². The van der Waals surface area contributed by atoms with Crippen molar-refractivity contribution < 1.29 is 33.8 Å². The molecule has 0 radical (unpaired) electrons. The Morgan fingerprint density at radius 1 is 1.10 bits per heavy atom. The van der Waals surface area contributed by atoms with Crippen LogP contribution in [0.4, 0.5) is 5.69 Å². The Morgan fingerprint density at radius 2 is 1.85 bits per heavy atom. The van der Waals surface area contributed by atoms with Gasteiger partial charge in [0.2, 0.25) is 17.7 Å². The Labute approximate surface area is 236 Å². The molecular formula is C30H32N4O7. The lowest BCUT2D eigenvalue weighted by Crippen LogP contribution is -2.52. The van der Waals surface area contributed by atoms with Gasteiger partial charge in [-0.15, -0.1) is 0 Å². The van der Waals surface area contributed by atoms with E-state index in [1.54, 1.807) is 26.0 Å². The number of rotatable bonds is 5. The van der Waals surface area contributed by atoms with Gasteiger partial charge in [0.25, 0.3) is 0 Å². The zero-order chi connectivity index (χ0) is 29.2. The lowest BCUT2D eigenvalue weighted by atomic mass is 9.72. The second-order valence-electron chi connectivity index (χ2n) is 11.5. The van der Waals surface area contributed by atoms with Gasteiger partial charge in [-0.1, -0.05) is 58.0 Å². The number of hydrogen-bond donors (Lipinski definition) is 5. The van der Waals surface area contributed by atoms with Gasteiger partial charge in [-0.3, -0.25) is 9.59 Å². The molecule has 0 saturated carbocycles. The van der Waals surface area contributed by atoms with Crippen LogP contribution in [0.1, 0.15) is 72.6 Å². The first-order valence-electron chi connectivity index (χ1n) is 13.7. The number of nitrogens with one attached hydrogen (secondary N) is 3. The fraction of sp³-hybridized carbons (Fsp3) is 0.400. The van der Waals surface area contributed by atoms with E-state index in [0.717, 1.165) is 11.3 Å². The average Bonchev–Trinajstić information content (AvgIpc) is 3.59. The minimum Gasteiger partial charge on any atom is -0.476 e. The summed E-state index contributed by atoms with van der Waals surface area (Å²) in [5.74, 6) is -2.35. The second-order valence-corrected chi connectivity index (χ2v) is 11.5. The van der Waals surface area contributed by atoms with E-state index in [0.29, 0.717) is 16.9 Å². The fourth-order valence-corrected chi connectivity index (χ4v) is 6.01. The Bertz CT molecular complexity index is 1560. The number of benzene rings is 2. The van der Waals surface area contributed by atoms with Crippen molar-refractivity contribution in [3.05, 3.63) is 76.5 Å². The number of hydrogen-bond acceptors (Lipinski definition) is 8. The molecule has 3 aliphatic heterocycles. The highest BCUT2D eigenvalue weighted by Crippen LogP contribution is 2.58. The molecule has 0 saturated heterocycles. The summed E-state index contributed by atoms with van der Waals surface area (Å²) in [6.45, 7) is 7.13. The van der Waals surface area contributed by atoms with Crippen LogP contribution in [0, 0.1) is 11.8 Å². The third kappa shape index (κ3) is 4.06. The van der Waals surface area contributed by atoms with E-state index in [1.165, 1.54) is 0 Å². The topological polar surface area (TPSA) is 163 Å². The number of fused-ring (bicyclic) bond motifs is 4. The molecule has 0 fully saturated rings. The molecule has 3 aliphatic rings. The van der Waals surface area contributed by atoms with Crippen LogP contribution in [0.3, 0.4) is 0 Å². The third-order valence-electron chi connectivity index (χ3n) is 8.15. The minimum atomic E-state index is -1.30. The van der Waals surface area contributed by atoms with Crippen LogP contribution < -0.4 is 20.7 Å². The van der Waals surface area contributed by atoms with Gasteiger partial charge < -0.3 is 35.3 Å². The van der Waals surface area contributed by atoms with Gasteiger partial charge in [0.05, 0.1) is 0 Å². The van der Waals surface area contributed by atoms with E-state index < -0.39 is 47.6 Å². The summed E-state index contributed by atoms with van der Waals surface area (Å²) < 4.78 is 12.8. The van der Waals surface area contributed by atoms with E-state index in [4.69, 9.17) is 9.15 Å². The van der Waals surface area contributed by atoms with Crippen LogP contribution in [0.2, 0.25) is 0 Å². The first-order valence-corrected chi connectivity index (χ1v) is 13.7. The molecule has 5 N–H and O–H groups in total. The second kappa shape index (κ2) is 9.62. The molecule has 3 aromatic rings. The molecule has 0 aliphatic carbocycles. The van der Waals surface area contributed by atoms with Crippen molar-refractivity contribution in [1.82, 2.24) is 15.6 Å². The number of para-hydroxylation sites is 1. The number of oxazole rings is 1. The Balaban J connectivity index is 1.59. The number of carbonyl (C=O) groups is 3. The molecule has 11 nitrogen and oxygen atoms in total.